The van der Waals surface area contributed by atoms with Crippen LogP contribution in [0.5, 0.6) is 0 Å². The summed E-state index contributed by atoms with van der Waals surface area (Å²) in [6.07, 6.45) is 3.78. The third-order valence-corrected chi connectivity index (χ3v) is 8.40. The van der Waals surface area contributed by atoms with Gasteiger partial charge in [-0.2, -0.15) is 0 Å². The van der Waals surface area contributed by atoms with Gasteiger partial charge in [-0.1, -0.05) is 30.3 Å². The number of hydrogen-bond donors (Lipinski definition) is 0. The fraction of sp³-hybridized carbons (Fsp3) is 0.286. The van der Waals surface area contributed by atoms with Crippen molar-refractivity contribution in [3.8, 4) is 0 Å². The fourth-order valence-corrected chi connectivity index (χ4v) is 6.10. The molecule has 0 saturated heterocycles. The van der Waals surface area contributed by atoms with E-state index in [4.69, 9.17) is 0 Å². The molecule has 0 atom stereocenters. The molecule has 3 aromatic carbocycles. The van der Waals surface area contributed by atoms with Crippen molar-refractivity contribution in [3.05, 3.63) is 94.3 Å². The van der Waals surface area contributed by atoms with Crippen molar-refractivity contribution in [1.29, 1.82) is 0 Å². The monoisotopic (exact) mass is 510 g/mol. The fourth-order valence-electron chi connectivity index (χ4n) is 4.31. The molecule has 0 unspecified atom stereocenters. The van der Waals surface area contributed by atoms with E-state index in [9.17, 15) is 8.78 Å². The Bertz CT molecular complexity index is 1210. The maximum Gasteiger partial charge on any atom is 0.137 e. The topological polar surface area (TPSA) is 24.7 Å². The average Bonchev–Trinajstić information content (AvgIpc) is 3.59. The van der Waals surface area contributed by atoms with Gasteiger partial charge in [0.1, 0.15) is 17.5 Å². The standard InChI is InChI=1S/C28H25F3N2S2/c29-22-14-18(24-6-2-12-32-24)8-10-26(22)34-16-20-4-1-5-21(28(20)31)17-35-27-11-9-19(15-23(27)30)25-7-3-13-33-25/h1,4-5,8-11,14-15H,2-3,6-7,12-13,16-17H2. The second kappa shape index (κ2) is 11.0. The first kappa shape index (κ1) is 24.2. The molecule has 0 bridgehead atoms. The molecule has 0 aliphatic carbocycles. The van der Waals surface area contributed by atoms with Gasteiger partial charge in [0.15, 0.2) is 0 Å². The Morgan fingerprint density at radius 1 is 0.657 bits per heavy atom. The molecule has 5 rings (SSSR count). The van der Waals surface area contributed by atoms with E-state index in [-0.39, 0.29) is 17.5 Å². The average molecular weight is 511 g/mol. The second-order valence-corrected chi connectivity index (χ2v) is 10.7. The summed E-state index contributed by atoms with van der Waals surface area (Å²) in [6, 6.07) is 15.5. The smallest absolute Gasteiger partial charge is 0.137 e. The van der Waals surface area contributed by atoms with Gasteiger partial charge in [0.2, 0.25) is 0 Å². The van der Waals surface area contributed by atoms with Crippen molar-refractivity contribution in [1.82, 2.24) is 0 Å². The molecule has 0 spiro atoms. The highest BCUT2D eigenvalue weighted by atomic mass is 32.2. The van der Waals surface area contributed by atoms with E-state index in [1.807, 2.05) is 12.1 Å². The Hall–Kier alpha value is -2.51. The van der Waals surface area contributed by atoms with E-state index in [1.165, 1.54) is 35.7 Å². The van der Waals surface area contributed by atoms with Gasteiger partial charge in [-0.05, 0) is 72.2 Å². The summed E-state index contributed by atoms with van der Waals surface area (Å²) in [4.78, 5) is 9.82. The molecule has 0 N–H and O–H groups in total. The van der Waals surface area contributed by atoms with E-state index in [0.29, 0.717) is 32.4 Å². The van der Waals surface area contributed by atoms with Gasteiger partial charge < -0.3 is 0 Å². The highest BCUT2D eigenvalue weighted by molar-refractivity contribution is 7.98. The summed E-state index contributed by atoms with van der Waals surface area (Å²) in [5.41, 5.74) is 4.57. The summed E-state index contributed by atoms with van der Waals surface area (Å²) in [5.74, 6) is -0.310. The van der Waals surface area contributed by atoms with Crippen molar-refractivity contribution in [2.45, 2.75) is 47.0 Å². The van der Waals surface area contributed by atoms with Gasteiger partial charge in [0, 0.05) is 45.8 Å². The van der Waals surface area contributed by atoms with E-state index >= 15 is 4.39 Å². The SMILES string of the molecule is Fc1cc(C2=NCCC2)ccc1SCc1cccc(CSc2ccc(C3=NCCC3)cc2F)c1F. The third kappa shape index (κ3) is 5.67. The lowest BCUT2D eigenvalue weighted by molar-refractivity contribution is 0.599. The predicted molar refractivity (Wildman–Crippen MR) is 140 cm³/mol. The zero-order valence-electron chi connectivity index (χ0n) is 19.2. The molecule has 0 saturated carbocycles. The maximum atomic E-state index is 15.2. The zero-order valence-corrected chi connectivity index (χ0v) is 20.8. The third-order valence-electron chi connectivity index (χ3n) is 6.20. The van der Waals surface area contributed by atoms with Gasteiger partial charge in [-0.15, -0.1) is 23.5 Å². The minimum absolute atomic E-state index is 0.309. The summed E-state index contributed by atoms with van der Waals surface area (Å²) in [5, 5.41) is 0. The molecule has 0 fully saturated rings. The van der Waals surface area contributed by atoms with Gasteiger partial charge in [0.05, 0.1) is 0 Å². The van der Waals surface area contributed by atoms with E-state index in [2.05, 4.69) is 9.98 Å². The molecule has 2 aliphatic rings. The lowest BCUT2D eigenvalue weighted by Gasteiger charge is -2.10. The van der Waals surface area contributed by atoms with E-state index in [0.717, 1.165) is 61.3 Å². The number of halogens is 3. The first-order valence-electron chi connectivity index (χ1n) is 11.8. The summed E-state index contributed by atoms with van der Waals surface area (Å²) >= 11 is 2.54. The lowest BCUT2D eigenvalue weighted by Crippen LogP contribution is -1.99. The van der Waals surface area contributed by atoms with Crippen LogP contribution in [0.2, 0.25) is 0 Å². The molecule has 35 heavy (non-hydrogen) atoms. The minimum Gasteiger partial charge on any atom is -0.289 e. The quantitative estimate of drug-likeness (QED) is 0.288. The van der Waals surface area contributed by atoms with Crippen LogP contribution in [0.25, 0.3) is 0 Å². The van der Waals surface area contributed by atoms with Crippen LogP contribution in [0.15, 0.2) is 74.4 Å². The summed E-state index contributed by atoms with van der Waals surface area (Å²) in [7, 11) is 0. The van der Waals surface area contributed by atoms with Crippen LogP contribution < -0.4 is 0 Å². The molecule has 0 radical (unpaired) electrons. The van der Waals surface area contributed by atoms with Crippen molar-refractivity contribution in [3.63, 3.8) is 0 Å². The Morgan fingerprint density at radius 2 is 1.14 bits per heavy atom. The number of rotatable bonds is 8. The van der Waals surface area contributed by atoms with Crippen LogP contribution in [-0.2, 0) is 11.5 Å². The number of hydrogen-bond acceptors (Lipinski definition) is 4. The van der Waals surface area contributed by atoms with Crippen LogP contribution >= 0.6 is 23.5 Å². The molecule has 7 heteroatoms. The lowest BCUT2D eigenvalue weighted by atomic mass is 10.1. The van der Waals surface area contributed by atoms with E-state index < -0.39 is 0 Å². The second-order valence-electron chi connectivity index (χ2n) is 8.62. The van der Waals surface area contributed by atoms with Crippen LogP contribution in [0.4, 0.5) is 13.2 Å². The first-order valence-corrected chi connectivity index (χ1v) is 13.7. The number of aliphatic imine (C=N–C) groups is 2. The van der Waals surface area contributed by atoms with Gasteiger partial charge in [0.25, 0.3) is 0 Å². The largest absolute Gasteiger partial charge is 0.289 e. The van der Waals surface area contributed by atoms with Crippen LogP contribution in [-0.4, -0.2) is 24.5 Å². The summed E-state index contributed by atoms with van der Waals surface area (Å²) < 4.78 is 44.5. The number of nitrogens with zero attached hydrogens (tertiary/aromatic N) is 2. The maximum absolute atomic E-state index is 15.2. The van der Waals surface area contributed by atoms with Crippen molar-refractivity contribution in [2.75, 3.05) is 13.1 Å². The Morgan fingerprint density at radius 3 is 1.54 bits per heavy atom. The minimum atomic E-state index is -0.317. The van der Waals surface area contributed by atoms with Crippen molar-refractivity contribution in [2.24, 2.45) is 9.98 Å². The molecular formula is C28H25F3N2S2. The molecule has 0 amide bonds. The van der Waals surface area contributed by atoms with Crippen molar-refractivity contribution < 1.29 is 13.2 Å². The normalized spacial score (nSPS) is 15.4. The molecule has 2 nitrogen and oxygen atoms in total. The molecule has 2 aliphatic heterocycles. The molecule has 180 valence electrons. The molecule has 3 aromatic rings. The van der Waals surface area contributed by atoms with Gasteiger partial charge in [-0.25, -0.2) is 13.2 Å². The van der Waals surface area contributed by atoms with E-state index in [1.54, 1.807) is 30.3 Å². The Balaban J connectivity index is 1.23. The highest BCUT2D eigenvalue weighted by Gasteiger charge is 2.15. The summed E-state index contributed by atoms with van der Waals surface area (Å²) in [6.45, 7) is 1.60. The Kier molecular flexibility index (Phi) is 7.63. The van der Waals surface area contributed by atoms with Crippen molar-refractivity contribution >= 4 is 34.9 Å². The van der Waals surface area contributed by atoms with Crippen LogP contribution in [0, 0.1) is 17.5 Å². The molecule has 2 heterocycles. The van der Waals surface area contributed by atoms with Crippen LogP contribution in [0.3, 0.4) is 0 Å². The number of thioether (sulfide) groups is 2. The molecule has 0 aromatic heterocycles. The van der Waals surface area contributed by atoms with Gasteiger partial charge in [-0.3, -0.25) is 9.98 Å². The Labute approximate surface area is 212 Å². The molecular weight excluding hydrogens is 485 g/mol. The van der Waals surface area contributed by atoms with Crippen LogP contribution in [0.1, 0.15) is 47.9 Å². The zero-order chi connectivity index (χ0) is 24.2. The number of benzene rings is 3. The highest BCUT2D eigenvalue weighted by Crippen LogP contribution is 2.32. The van der Waals surface area contributed by atoms with Gasteiger partial charge >= 0.3 is 0 Å². The first-order chi connectivity index (χ1) is 17.1. The predicted octanol–water partition coefficient (Wildman–Crippen LogP) is 7.85.